The number of hydrogen-bond donors (Lipinski definition) is 0. The Kier molecular flexibility index (Phi) is 6.98. The predicted molar refractivity (Wildman–Crippen MR) is 224 cm³/mol. The first-order valence-corrected chi connectivity index (χ1v) is 18.8. The largest absolute Gasteiger partial charge is 0.310 e. The Morgan fingerprint density at radius 1 is 0.396 bits per heavy atom. The van der Waals surface area contributed by atoms with Crippen LogP contribution in [0, 0.1) is 0 Å². The molecule has 256 valence electrons. The maximum absolute atomic E-state index is 2.45. The highest BCUT2D eigenvalue weighted by Gasteiger charge is 2.38. The van der Waals surface area contributed by atoms with Crippen molar-refractivity contribution in [1.82, 2.24) is 0 Å². The lowest BCUT2D eigenvalue weighted by Crippen LogP contribution is -2.30. The van der Waals surface area contributed by atoms with Crippen molar-refractivity contribution < 1.29 is 0 Å². The van der Waals surface area contributed by atoms with Crippen LogP contribution in [0.2, 0.25) is 0 Å². The third kappa shape index (κ3) is 4.86. The lowest BCUT2D eigenvalue weighted by molar-refractivity contribution is 0.632. The van der Waals surface area contributed by atoms with E-state index in [1.54, 1.807) is 0 Å². The van der Waals surface area contributed by atoms with Gasteiger partial charge in [0.05, 0.1) is 11.4 Å². The maximum atomic E-state index is 2.45. The number of benzene rings is 7. The number of hydrogen-bond acceptors (Lipinski definition) is 2. The molecule has 0 fully saturated rings. The first-order chi connectivity index (χ1) is 25.8. The third-order valence-corrected chi connectivity index (χ3v) is 12.0. The van der Waals surface area contributed by atoms with E-state index < -0.39 is 0 Å². The van der Waals surface area contributed by atoms with E-state index in [0.29, 0.717) is 0 Å². The van der Waals surface area contributed by atoms with Crippen molar-refractivity contribution in [2.45, 2.75) is 44.9 Å². The molecular weight excluding hydrogens is 641 g/mol. The van der Waals surface area contributed by atoms with Gasteiger partial charge >= 0.3 is 0 Å². The first kappa shape index (κ1) is 31.6. The zero-order valence-electron chi connectivity index (χ0n) is 30.8. The van der Waals surface area contributed by atoms with Crippen LogP contribution in [0.3, 0.4) is 0 Å². The van der Waals surface area contributed by atoms with Gasteiger partial charge in [-0.25, -0.2) is 0 Å². The summed E-state index contributed by atoms with van der Waals surface area (Å²) >= 11 is 0. The fourth-order valence-electron chi connectivity index (χ4n) is 9.23. The summed E-state index contributed by atoms with van der Waals surface area (Å²) < 4.78 is 0. The van der Waals surface area contributed by atoms with Crippen LogP contribution >= 0.6 is 0 Å². The molecule has 0 atom stereocenters. The Morgan fingerprint density at radius 3 is 1.45 bits per heavy atom. The Morgan fingerprint density at radius 2 is 0.830 bits per heavy atom. The van der Waals surface area contributed by atoms with E-state index in [1.165, 1.54) is 89.8 Å². The molecule has 53 heavy (non-hydrogen) atoms. The molecule has 0 amide bonds. The molecule has 2 heteroatoms. The van der Waals surface area contributed by atoms with Gasteiger partial charge in [-0.2, -0.15) is 0 Å². The van der Waals surface area contributed by atoms with Gasteiger partial charge in [0.25, 0.3) is 0 Å². The molecular formula is C51H42N2. The van der Waals surface area contributed by atoms with Crippen molar-refractivity contribution in [3.8, 4) is 11.1 Å². The quantitative estimate of drug-likeness (QED) is 0.171. The molecule has 0 N–H and O–H groups in total. The fraction of sp³-hybridized carbons (Fsp3) is 0.137. The highest BCUT2D eigenvalue weighted by Crippen LogP contribution is 2.53. The first-order valence-electron chi connectivity index (χ1n) is 18.8. The minimum absolute atomic E-state index is 0.0633. The second-order valence-corrected chi connectivity index (χ2v) is 15.8. The van der Waals surface area contributed by atoms with Crippen molar-refractivity contribution >= 4 is 46.3 Å². The third-order valence-electron chi connectivity index (χ3n) is 12.0. The molecule has 2 heterocycles. The van der Waals surface area contributed by atoms with Gasteiger partial charge < -0.3 is 9.80 Å². The minimum atomic E-state index is -0.128. The second kappa shape index (κ2) is 11.7. The monoisotopic (exact) mass is 682 g/mol. The molecule has 2 nitrogen and oxygen atoms in total. The number of anilines is 6. The van der Waals surface area contributed by atoms with E-state index in [9.17, 15) is 0 Å². The average molecular weight is 683 g/mol. The van der Waals surface area contributed by atoms with Crippen LogP contribution in [0.25, 0.3) is 23.3 Å². The summed E-state index contributed by atoms with van der Waals surface area (Å²) in [5.74, 6) is 0. The minimum Gasteiger partial charge on any atom is -0.310 e. The van der Waals surface area contributed by atoms with E-state index >= 15 is 0 Å². The molecule has 0 saturated heterocycles. The normalized spacial score (nSPS) is 15.6. The molecule has 7 aromatic carbocycles. The highest BCUT2D eigenvalue weighted by atomic mass is 15.2. The predicted octanol–water partition coefficient (Wildman–Crippen LogP) is 13.6. The molecule has 3 aliphatic rings. The van der Waals surface area contributed by atoms with Crippen molar-refractivity contribution in [2.24, 2.45) is 0 Å². The lowest BCUT2D eigenvalue weighted by atomic mass is 9.73. The van der Waals surface area contributed by atoms with E-state index in [-0.39, 0.29) is 10.8 Å². The number of nitrogens with zero attached hydrogens (tertiary/aromatic N) is 2. The molecule has 0 aromatic heterocycles. The number of rotatable bonds is 4. The molecule has 1 aliphatic carbocycles. The summed E-state index contributed by atoms with van der Waals surface area (Å²) in [7, 11) is 0. The SMILES string of the molecule is CC1(C)c2cc(/C=C/c3ccc(N4c5ccccc5C(C)(C)c5ccccc54)cc3)ccc2-c2ccc(N3c4ccccc4Cc4ccccc43)cc21. The fourth-order valence-corrected chi connectivity index (χ4v) is 9.23. The van der Waals surface area contributed by atoms with E-state index in [1.807, 2.05) is 0 Å². The van der Waals surface area contributed by atoms with Crippen molar-refractivity contribution in [3.63, 3.8) is 0 Å². The second-order valence-electron chi connectivity index (χ2n) is 15.8. The van der Waals surface area contributed by atoms with Crippen molar-refractivity contribution in [1.29, 1.82) is 0 Å². The maximum Gasteiger partial charge on any atom is 0.0502 e. The summed E-state index contributed by atoms with van der Waals surface area (Å²) in [6, 6.07) is 58.4. The highest BCUT2D eigenvalue weighted by molar-refractivity contribution is 5.89. The van der Waals surface area contributed by atoms with Gasteiger partial charge in [0.15, 0.2) is 0 Å². The zero-order chi connectivity index (χ0) is 35.9. The summed E-state index contributed by atoms with van der Waals surface area (Å²) in [5.41, 5.74) is 20.5. The Balaban J connectivity index is 0.947. The molecule has 0 spiro atoms. The summed E-state index contributed by atoms with van der Waals surface area (Å²) in [6.07, 6.45) is 5.46. The van der Waals surface area contributed by atoms with Crippen LogP contribution in [0.15, 0.2) is 158 Å². The topological polar surface area (TPSA) is 6.48 Å². The summed E-state index contributed by atoms with van der Waals surface area (Å²) in [4.78, 5) is 4.87. The van der Waals surface area contributed by atoms with Gasteiger partial charge in [0.2, 0.25) is 0 Å². The number of fused-ring (bicyclic) bond motifs is 7. The van der Waals surface area contributed by atoms with Crippen molar-refractivity contribution in [3.05, 3.63) is 202 Å². The van der Waals surface area contributed by atoms with Gasteiger partial charge in [0.1, 0.15) is 0 Å². The van der Waals surface area contributed by atoms with E-state index in [4.69, 9.17) is 0 Å². The Bertz CT molecular complexity index is 2510. The molecule has 0 saturated carbocycles. The lowest BCUT2D eigenvalue weighted by Gasteiger charge is -2.42. The summed E-state index contributed by atoms with van der Waals surface area (Å²) in [6.45, 7) is 9.42. The molecule has 10 rings (SSSR count). The molecule has 7 aromatic rings. The van der Waals surface area contributed by atoms with Crippen LogP contribution in [-0.2, 0) is 17.3 Å². The van der Waals surface area contributed by atoms with Crippen LogP contribution in [0.1, 0.15) is 72.2 Å². The zero-order valence-corrected chi connectivity index (χ0v) is 30.8. The molecule has 0 bridgehead atoms. The van der Waals surface area contributed by atoms with Gasteiger partial charge in [-0.05, 0) is 104 Å². The van der Waals surface area contributed by atoms with E-state index in [0.717, 1.165) is 6.42 Å². The van der Waals surface area contributed by atoms with Crippen LogP contribution < -0.4 is 9.80 Å². The molecule has 0 unspecified atom stereocenters. The van der Waals surface area contributed by atoms with Gasteiger partial charge in [-0.1, -0.05) is 149 Å². The van der Waals surface area contributed by atoms with Gasteiger partial charge in [-0.15, -0.1) is 0 Å². The van der Waals surface area contributed by atoms with Gasteiger partial charge in [0, 0.05) is 40.0 Å². The Labute approximate surface area is 313 Å². The summed E-state index contributed by atoms with van der Waals surface area (Å²) in [5, 5.41) is 0. The number of para-hydroxylation sites is 4. The smallest absolute Gasteiger partial charge is 0.0502 e. The van der Waals surface area contributed by atoms with Crippen LogP contribution in [0.4, 0.5) is 34.1 Å². The van der Waals surface area contributed by atoms with Gasteiger partial charge in [-0.3, -0.25) is 0 Å². The average Bonchev–Trinajstić information content (AvgIpc) is 3.41. The standard InChI is InChI=1S/C51H42N2/c1-50(2)42-15-7-11-19-48(42)52(49-20-12-8-16-43(49)50)38-26-23-34(24-27-38)21-22-35-25-29-40-41-30-28-39(33-45(41)51(3,4)44(40)31-35)53-46-17-9-5-13-36(46)32-37-14-6-10-18-47(37)53/h5-31,33H,32H2,1-4H3/b22-21+. The van der Waals surface area contributed by atoms with Crippen LogP contribution in [-0.4, -0.2) is 0 Å². The molecule has 0 radical (unpaired) electrons. The van der Waals surface area contributed by atoms with Crippen LogP contribution in [0.5, 0.6) is 0 Å². The van der Waals surface area contributed by atoms with Crippen molar-refractivity contribution in [2.75, 3.05) is 9.80 Å². The Hall–Kier alpha value is -6.12. The van der Waals surface area contributed by atoms with E-state index in [2.05, 4.69) is 207 Å². The molecule has 2 aliphatic heterocycles.